The minimum absolute atomic E-state index is 0.228. The van der Waals surface area contributed by atoms with Crippen molar-refractivity contribution in [3.8, 4) is 0 Å². The molecule has 0 aliphatic carbocycles. The standard InChI is InChI=1S/C27H57NO3S/c1-4-5-6-7-8-9-10-11-12-13-14-15-16-17-18-19-20-21-22-23-25-28(2,3)26-24-27-32(29,30)31/h4-27H2,1-3H3. The van der Waals surface area contributed by atoms with Gasteiger partial charge in [0.25, 0.3) is 0 Å². The third kappa shape index (κ3) is 26.1. The van der Waals surface area contributed by atoms with Gasteiger partial charge in [0.05, 0.1) is 37.3 Å². The summed E-state index contributed by atoms with van der Waals surface area (Å²) >= 11 is 0. The van der Waals surface area contributed by atoms with Gasteiger partial charge in [0.2, 0.25) is 0 Å². The van der Waals surface area contributed by atoms with Gasteiger partial charge in [0.15, 0.2) is 0 Å². The Morgan fingerprint density at radius 3 is 1.09 bits per heavy atom. The zero-order valence-electron chi connectivity index (χ0n) is 22.1. The van der Waals surface area contributed by atoms with E-state index in [0.29, 0.717) is 6.42 Å². The van der Waals surface area contributed by atoms with E-state index < -0.39 is 10.1 Å². The third-order valence-electron chi connectivity index (χ3n) is 6.77. The molecule has 0 unspecified atom stereocenters. The Kier molecular flexibility index (Phi) is 21.3. The normalized spacial score (nSPS) is 12.5. The molecule has 0 aromatic carbocycles. The van der Waals surface area contributed by atoms with Gasteiger partial charge in [-0.15, -0.1) is 0 Å². The van der Waals surface area contributed by atoms with Crippen LogP contribution < -0.4 is 0 Å². The highest BCUT2D eigenvalue weighted by Gasteiger charge is 2.14. The van der Waals surface area contributed by atoms with Crippen molar-refractivity contribution in [2.45, 2.75) is 142 Å². The molecule has 5 heteroatoms. The average Bonchev–Trinajstić information content (AvgIpc) is 2.71. The van der Waals surface area contributed by atoms with Crippen LogP contribution in [0.15, 0.2) is 0 Å². The van der Waals surface area contributed by atoms with Gasteiger partial charge in [-0.05, 0) is 12.8 Å². The van der Waals surface area contributed by atoms with Crippen molar-refractivity contribution in [1.29, 1.82) is 0 Å². The lowest BCUT2D eigenvalue weighted by Gasteiger charge is -2.30. The van der Waals surface area contributed by atoms with Crippen LogP contribution in [0, 0.1) is 0 Å². The van der Waals surface area contributed by atoms with E-state index in [1.54, 1.807) is 0 Å². The summed E-state index contributed by atoms with van der Waals surface area (Å²) in [5.74, 6) is -0.228. The van der Waals surface area contributed by atoms with Crippen LogP contribution in [0.2, 0.25) is 0 Å². The maximum Gasteiger partial charge on any atom is 0.0948 e. The lowest BCUT2D eigenvalue weighted by Crippen LogP contribution is -2.41. The highest BCUT2D eigenvalue weighted by Crippen LogP contribution is 2.15. The van der Waals surface area contributed by atoms with E-state index in [2.05, 4.69) is 21.0 Å². The molecule has 0 heterocycles. The average molecular weight is 476 g/mol. The first-order valence-electron chi connectivity index (χ1n) is 14.0. The number of hydrogen-bond donors (Lipinski definition) is 0. The molecule has 0 aromatic heterocycles. The molecule has 0 saturated heterocycles. The molecule has 0 aliphatic heterocycles. The summed E-state index contributed by atoms with van der Waals surface area (Å²) in [6, 6.07) is 0. The van der Waals surface area contributed by atoms with Crippen LogP contribution in [-0.2, 0) is 10.1 Å². The molecule has 32 heavy (non-hydrogen) atoms. The van der Waals surface area contributed by atoms with Gasteiger partial charge in [-0.25, -0.2) is 8.42 Å². The zero-order valence-corrected chi connectivity index (χ0v) is 22.9. The van der Waals surface area contributed by atoms with Crippen LogP contribution in [0.1, 0.15) is 142 Å². The van der Waals surface area contributed by atoms with E-state index in [1.165, 1.54) is 128 Å². The topological polar surface area (TPSA) is 57.2 Å². The first-order chi connectivity index (χ1) is 15.3. The highest BCUT2D eigenvalue weighted by molar-refractivity contribution is 7.85. The van der Waals surface area contributed by atoms with Gasteiger partial charge in [0.1, 0.15) is 0 Å². The molecule has 0 atom stereocenters. The maximum atomic E-state index is 10.7. The Hall–Kier alpha value is -0.130. The summed E-state index contributed by atoms with van der Waals surface area (Å²) in [5.41, 5.74) is 0. The minimum atomic E-state index is -4.06. The quantitative estimate of drug-likeness (QED) is 0.0768. The van der Waals surface area contributed by atoms with E-state index in [1.807, 2.05) is 0 Å². The van der Waals surface area contributed by atoms with Crippen molar-refractivity contribution >= 4 is 10.1 Å². The zero-order chi connectivity index (χ0) is 24.0. The molecule has 0 amide bonds. The fraction of sp³-hybridized carbons (Fsp3) is 1.00. The van der Waals surface area contributed by atoms with E-state index in [4.69, 9.17) is 0 Å². The van der Waals surface area contributed by atoms with Crippen molar-refractivity contribution in [3.05, 3.63) is 0 Å². The van der Waals surface area contributed by atoms with Crippen molar-refractivity contribution in [3.63, 3.8) is 0 Å². The van der Waals surface area contributed by atoms with E-state index in [0.717, 1.165) is 17.6 Å². The molecule has 0 radical (unpaired) electrons. The lowest BCUT2D eigenvalue weighted by atomic mass is 10.0. The molecule has 0 saturated carbocycles. The fourth-order valence-corrected chi connectivity index (χ4v) is 5.06. The summed E-state index contributed by atoms with van der Waals surface area (Å²) in [6.45, 7) is 4.12. The Labute approximate surface area is 202 Å². The molecule has 0 aromatic rings. The van der Waals surface area contributed by atoms with Crippen LogP contribution in [0.4, 0.5) is 0 Å². The monoisotopic (exact) mass is 475 g/mol. The molecule has 0 N–H and O–H groups in total. The Balaban J connectivity index is 3.25. The van der Waals surface area contributed by atoms with Gasteiger partial charge in [-0.2, -0.15) is 0 Å². The van der Waals surface area contributed by atoms with Crippen LogP contribution in [-0.4, -0.2) is 50.4 Å². The van der Waals surface area contributed by atoms with Crippen molar-refractivity contribution < 1.29 is 17.5 Å². The predicted molar refractivity (Wildman–Crippen MR) is 139 cm³/mol. The molecule has 0 bridgehead atoms. The molecule has 194 valence electrons. The number of unbranched alkanes of at least 4 members (excludes halogenated alkanes) is 19. The second-order valence-electron chi connectivity index (χ2n) is 10.7. The minimum Gasteiger partial charge on any atom is -0.748 e. The largest absolute Gasteiger partial charge is 0.748 e. The summed E-state index contributed by atoms with van der Waals surface area (Å²) in [5, 5.41) is 0. The first kappa shape index (κ1) is 31.9. The summed E-state index contributed by atoms with van der Waals surface area (Å²) in [7, 11) is 0.202. The second-order valence-corrected chi connectivity index (χ2v) is 12.2. The molecular weight excluding hydrogens is 418 g/mol. The van der Waals surface area contributed by atoms with E-state index in [9.17, 15) is 13.0 Å². The van der Waals surface area contributed by atoms with Crippen molar-refractivity contribution in [2.75, 3.05) is 32.9 Å². The smallest absolute Gasteiger partial charge is 0.0948 e. The third-order valence-corrected chi connectivity index (χ3v) is 7.56. The second kappa shape index (κ2) is 21.4. The molecule has 0 aliphatic rings. The van der Waals surface area contributed by atoms with Crippen molar-refractivity contribution in [1.82, 2.24) is 0 Å². The summed E-state index contributed by atoms with van der Waals surface area (Å²) < 4.78 is 32.9. The Morgan fingerprint density at radius 1 is 0.500 bits per heavy atom. The predicted octanol–water partition coefficient (Wildman–Crippen LogP) is 7.82. The summed E-state index contributed by atoms with van der Waals surface area (Å²) in [4.78, 5) is 0. The molecule has 0 fully saturated rings. The van der Waals surface area contributed by atoms with Crippen molar-refractivity contribution in [2.24, 2.45) is 0 Å². The molecule has 0 spiro atoms. The molecule has 4 nitrogen and oxygen atoms in total. The Morgan fingerprint density at radius 2 is 0.781 bits per heavy atom. The van der Waals surface area contributed by atoms with Crippen LogP contribution in [0.3, 0.4) is 0 Å². The number of hydrogen-bond acceptors (Lipinski definition) is 3. The van der Waals surface area contributed by atoms with Gasteiger partial charge in [-0.1, -0.05) is 122 Å². The number of rotatable bonds is 25. The van der Waals surface area contributed by atoms with Gasteiger partial charge >= 0.3 is 0 Å². The summed E-state index contributed by atoms with van der Waals surface area (Å²) in [6.07, 6.45) is 28.4. The first-order valence-corrected chi connectivity index (χ1v) is 15.6. The number of quaternary nitrogens is 1. The fourth-order valence-electron chi connectivity index (χ4n) is 4.58. The van der Waals surface area contributed by atoms with Crippen LogP contribution >= 0.6 is 0 Å². The van der Waals surface area contributed by atoms with Gasteiger partial charge < -0.3 is 9.04 Å². The number of nitrogens with zero attached hydrogens (tertiary/aromatic N) is 1. The molecule has 0 rings (SSSR count). The maximum absolute atomic E-state index is 10.7. The highest BCUT2D eigenvalue weighted by atomic mass is 32.2. The van der Waals surface area contributed by atoms with E-state index in [-0.39, 0.29) is 5.75 Å². The molecular formula is C27H57NO3S. The van der Waals surface area contributed by atoms with Crippen LogP contribution in [0.25, 0.3) is 0 Å². The van der Waals surface area contributed by atoms with Gasteiger partial charge in [-0.3, -0.25) is 0 Å². The van der Waals surface area contributed by atoms with Crippen LogP contribution in [0.5, 0.6) is 0 Å². The lowest BCUT2D eigenvalue weighted by molar-refractivity contribution is -0.890. The Bertz CT molecular complexity index is 491. The van der Waals surface area contributed by atoms with E-state index >= 15 is 0 Å². The SMILES string of the molecule is CCCCCCCCCCCCCCCCCCCCCC[N+](C)(C)CCCS(=O)(=O)[O-]. The van der Waals surface area contributed by atoms with Gasteiger partial charge in [0, 0.05) is 12.2 Å².